The van der Waals surface area contributed by atoms with Gasteiger partial charge in [-0.25, -0.2) is 0 Å². The first-order chi connectivity index (χ1) is 7.06. The summed E-state index contributed by atoms with van der Waals surface area (Å²) in [5.74, 6) is 0.734. The molecule has 3 heteroatoms. The van der Waals surface area contributed by atoms with E-state index in [1.165, 1.54) is 0 Å². The highest BCUT2D eigenvalue weighted by Crippen LogP contribution is 2.24. The normalized spacial score (nSPS) is 10.5. The Morgan fingerprint density at radius 1 is 1.47 bits per heavy atom. The van der Waals surface area contributed by atoms with Gasteiger partial charge < -0.3 is 4.74 Å². The van der Waals surface area contributed by atoms with Crippen molar-refractivity contribution >= 4 is 21.7 Å². The van der Waals surface area contributed by atoms with E-state index in [9.17, 15) is 4.79 Å². The molecule has 0 saturated heterocycles. The first-order valence-electron chi connectivity index (χ1n) is 4.91. The van der Waals surface area contributed by atoms with Gasteiger partial charge in [0.1, 0.15) is 5.75 Å². The smallest absolute Gasteiger partial charge is 0.177 e. The zero-order valence-electron chi connectivity index (χ0n) is 9.21. The number of halogens is 1. The Kier molecular flexibility index (Phi) is 4.33. The maximum Gasteiger partial charge on any atom is 0.177 e. The van der Waals surface area contributed by atoms with Crippen LogP contribution in [-0.4, -0.2) is 17.2 Å². The molecular weight excluding hydrogens is 256 g/mol. The van der Waals surface area contributed by atoms with Gasteiger partial charge in [-0.05, 0) is 32.4 Å². The van der Waals surface area contributed by atoms with Crippen molar-refractivity contribution in [1.29, 1.82) is 0 Å². The zero-order valence-corrected chi connectivity index (χ0v) is 10.8. The van der Waals surface area contributed by atoms with Crippen molar-refractivity contribution in [2.75, 3.05) is 5.33 Å². The number of alkyl halides is 1. The second-order valence-corrected chi connectivity index (χ2v) is 4.23. The van der Waals surface area contributed by atoms with Gasteiger partial charge in [-0.2, -0.15) is 0 Å². The average molecular weight is 271 g/mol. The van der Waals surface area contributed by atoms with Crippen LogP contribution in [0, 0.1) is 6.92 Å². The Morgan fingerprint density at radius 3 is 2.67 bits per heavy atom. The van der Waals surface area contributed by atoms with Crippen LogP contribution in [0.15, 0.2) is 18.2 Å². The molecule has 0 fully saturated rings. The fraction of sp³-hybridized carbons (Fsp3) is 0.417. The Labute approximate surface area is 98.8 Å². The summed E-state index contributed by atoms with van der Waals surface area (Å²) in [6.07, 6.45) is 0.0775. The molecule has 0 spiro atoms. The molecule has 15 heavy (non-hydrogen) atoms. The molecule has 0 atom stereocenters. The van der Waals surface area contributed by atoms with Crippen LogP contribution in [0.4, 0.5) is 0 Å². The number of carbonyl (C=O) groups is 1. The van der Waals surface area contributed by atoms with Crippen molar-refractivity contribution in [2.24, 2.45) is 0 Å². The minimum absolute atomic E-state index is 0.0590. The van der Waals surface area contributed by atoms with Crippen LogP contribution in [0.2, 0.25) is 0 Å². The molecule has 0 saturated carbocycles. The molecular formula is C12H15BrO2. The van der Waals surface area contributed by atoms with E-state index in [2.05, 4.69) is 15.9 Å². The lowest BCUT2D eigenvalue weighted by atomic mass is 10.0. The molecule has 2 nitrogen and oxygen atoms in total. The largest absolute Gasteiger partial charge is 0.490 e. The lowest BCUT2D eigenvalue weighted by Gasteiger charge is -2.14. The molecule has 82 valence electrons. The van der Waals surface area contributed by atoms with Crippen molar-refractivity contribution in [2.45, 2.75) is 26.9 Å². The number of hydrogen-bond acceptors (Lipinski definition) is 2. The van der Waals surface area contributed by atoms with Crippen molar-refractivity contribution < 1.29 is 9.53 Å². The van der Waals surface area contributed by atoms with Gasteiger partial charge in [-0.1, -0.05) is 28.1 Å². The summed E-state index contributed by atoms with van der Waals surface area (Å²) < 4.78 is 5.61. The summed E-state index contributed by atoms with van der Waals surface area (Å²) >= 11 is 3.18. The van der Waals surface area contributed by atoms with Crippen LogP contribution in [-0.2, 0) is 0 Å². The summed E-state index contributed by atoms with van der Waals surface area (Å²) in [6, 6.07) is 5.66. The Balaban J connectivity index is 3.14. The topological polar surface area (TPSA) is 26.3 Å². The van der Waals surface area contributed by atoms with Gasteiger partial charge in [0.2, 0.25) is 0 Å². The van der Waals surface area contributed by atoms with Crippen LogP contribution in [0.25, 0.3) is 0 Å². The first-order valence-corrected chi connectivity index (χ1v) is 6.03. The van der Waals surface area contributed by atoms with E-state index in [1.54, 1.807) is 0 Å². The monoisotopic (exact) mass is 270 g/mol. The standard InChI is InChI=1S/C12H15BrO2/c1-8(2)15-11-6-4-5-9(3)12(11)10(14)7-13/h4-6,8H,7H2,1-3H3. The maximum atomic E-state index is 11.7. The van der Waals surface area contributed by atoms with Crippen LogP contribution >= 0.6 is 15.9 Å². The van der Waals surface area contributed by atoms with E-state index in [-0.39, 0.29) is 11.9 Å². The summed E-state index contributed by atoms with van der Waals surface area (Å²) in [5, 5.41) is 0.326. The van der Waals surface area contributed by atoms with Crippen molar-refractivity contribution in [1.82, 2.24) is 0 Å². The SMILES string of the molecule is Cc1cccc(OC(C)C)c1C(=O)CBr. The molecule has 0 radical (unpaired) electrons. The molecule has 0 heterocycles. The van der Waals surface area contributed by atoms with E-state index in [4.69, 9.17) is 4.74 Å². The third-order valence-electron chi connectivity index (χ3n) is 2.00. The number of rotatable bonds is 4. The fourth-order valence-corrected chi connectivity index (χ4v) is 1.70. The number of carbonyl (C=O) groups excluding carboxylic acids is 1. The predicted molar refractivity (Wildman–Crippen MR) is 65.1 cm³/mol. The van der Waals surface area contributed by atoms with E-state index < -0.39 is 0 Å². The van der Waals surface area contributed by atoms with Crippen molar-refractivity contribution in [3.63, 3.8) is 0 Å². The quantitative estimate of drug-likeness (QED) is 0.620. The zero-order chi connectivity index (χ0) is 11.4. The van der Waals surface area contributed by atoms with Gasteiger partial charge in [-0.15, -0.1) is 0 Å². The molecule has 1 aromatic carbocycles. The highest BCUT2D eigenvalue weighted by molar-refractivity contribution is 9.09. The lowest BCUT2D eigenvalue weighted by molar-refractivity contribution is 0.101. The Morgan fingerprint density at radius 2 is 2.13 bits per heavy atom. The lowest BCUT2D eigenvalue weighted by Crippen LogP contribution is -2.11. The Bertz CT molecular complexity index is 359. The fourth-order valence-electron chi connectivity index (χ4n) is 1.42. The van der Waals surface area contributed by atoms with Gasteiger partial charge in [0, 0.05) is 0 Å². The molecule has 0 unspecified atom stereocenters. The third kappa shape index (κ3) is 3.06. The van der Waals surface area contributed by atoms with Gasteiger partial charge in [0.25, 0.3) is 0 Å². The minimum Gasteiger partial charge on any atom is -0.490 e. The number of ketones is 1. The molecule has 0 aliphatic heterocycles. The van der Waals surface area contributed by atoms with E-state index in [1.807, 2.05) is 39.0 Å². The number of benzene rings is 1. The van der Waals surface area contributed by atoms with Crippen molar-refractivity contribution in [3.8, 4) is 5.75 Å². The number of Topliss-reactive ketones (excluding diaryl/α,β-unsaturated/α-hetero) is 1. The van der Waals surface area contributed by atoms with Crippen LogP contribution in [0.5, 0.6) is 5.75 Å². The molecule has 0 aliphatic rings. The molecule has 0 aromatic heterocycles. The van der Waals surface area contributed by atoms with E-state index >= 15 is 0 Å². The summed E-state index contributed by atoms with van der Waals surface area (Å²) in [7, 11) is 0. The van der Waals surface area contributed by atoms with Crippen LogP contribution < -0.4 is 4.74 Å². The van der Waals surface area contributed by atoms with Crippen LogP contribution in [0.3, 0.4) is 0 Å². The molecule has 0 bridgehead atoms. The van der Waals surface area contributed by atoms with Gasteiger partial charge in [0.05, 0.1) is 17.0 Å². The summed E-state index contributed by atoms with van der Waals surface area (Å²) in [5.41, 5.74) is 1.64. The summed E-state index contributed by atoms with van der Waals surface area (Å²) in [6.45, 7) is 5.82. The second kappa shape index (κ2) is 5.31. The highest BCUT2D eigenvalue weighted by Gasteiger charge is 2.14. The second-order valence-electron chi connectivity index (χ2n) is 3.67. The van der Waals surface area contributed by atoms with Crippen molar-refractivity contribution in [3.05, 3.63) is 29.3 Å². The van der Waals surface area contributed by atoms with Gasteiger partial charge in [-0.3, -0.25) is 4.79 Å². The molecule has 1 aromatic rings. The number of aryl methyl sites for hydroxylation is 1. The van der Waals surface area contributed by atoms with Gasteiger partial charge in [0.15, 0.2) is 5.78 Å². The number of ether oxygens (including phenoxy) is 1. The maximum absolute atomic E-state index is 11.7. The summed E-state index contributed by atoms with van der Waals surface area (Å²) in [4.78, 5) is 11.7. The third-order valence-corrected chi connectivity index (χ3v) is 2.51. The average Bonchev–Trinajstić information content (AvgIpc) is 2.16. The predicted octanol–water partition coefficient (Wildman–Crippen LogP) is 3.36. The van der Waals surface area contributed by atoms with Crippen LogP contribution in [0.1, 0.15) is 29.8 Å². The van der Waals surface area contributed by atoms with Gasteiger partial charge >= 0.3 is 0 Å². The molecule has 0 N–H and O–H groups in total. The van der Waals surface area contributed by atoms with E-state index in [0.717, 1.165) is 5.56 Å². The molecule has 0 aliphatic carbocycles. The van der Waals surface area contributed by atoms with E-state index in [0.29, 0.717) is 16.6 Å². The minimum atomic E-state index is 0.0590. The first kappa shape index (κ1) is 12.2. The number of hydrogen-bond donors (Lipinski definition) is 0. The molecule has 1 rings (SSSR count). The molecule has 0 amide bonds. The highest BCUT2D eigenvalue weighted by atomic mass is 79.9. The Hall–Kier alpha value is -0.830.